The predicted octanol–water partition coefficient (Wildman–Crippen LogP) is 1.91. The van der Waals surface area contributed by atoms with Crippen LogP contribution in [0.5, 0.6) is 0 Å². The lowest BCUT2D eigenvalue weighted by Crippen LogP contribution is -2.41. The van der Waals surface area contributed by atoms with E-state index in [-0.39, 0.29) is 0 Å². The zero-order valence-corrected chi connectivity index (χ0v) is 13.8. The second-order valence-corrected chi connectivity index (χ2v) is 7.81. The number of halogens is 2. The summed E-state index contributed by atoms with van der Waals surface area (Å²) in [6, 6.07) is 4.92. The summed E-state index contributed by atoms with van der Waals surface area (Å²) in [6.45, 7) is 0.830. The van der Waals surface area contributed by atoms with E-state index in [1.54, 1.807) is 18.2 Å². The Morgan fingerprint density at radius 3 is 2.79 bits per heavy atom. The number of hydrogen-bond donors (Lipinski definition) is 1. The molecule has 0 saturated carbocycles. The second kappa shape index (κ2) is 6.19. The van der Waals surface area contributed by atoms with E-state index in [2.05, 4.69) is 4.98 Å². The van der Waals surface area contributed by atoms with Crippen LogP contribution in [0.3, 0.4) is 0 Å². The Balaban J connectivity index is 1.73. The van der Waals surface area contributed by atoms with Crippen LogP contribution in [0.4, 0.5) is 8.78 Å². The fourth-order valence-electron chi connectivity index (χ4n) is 2.25. The Kier molecular flexibility index (Phi) is 4.37. The first-order valence-electron chi connectivity index (χ1n) is 6.79. The SMILES string of the molecule is O=C(NS(=O)(=O)Cc1ccc2c(c1)COC2)C(F)(F)c1nccs1. The van der Waals surface area contributed by atoms with E-state index in [0.29, 0.717) is 30.1 Å². The fraction of sp³-hybridized carbons (Fsp3) is 0.286. The van der Waals surface area contributed by atoms with E-state index >= 15 is 0 Å². The van der Waals surface area contributed by atoms with E-state index in [4.69, 9.17) is 4.74 Å². The largest absolute Gasteiger partial charge is 0.376 e. The number of aromatic nitrogens is 1. The molecule has 0 radical (unpaired) electrons. The number of thiazole rings is 1. The predicted molar refractivity (Wildman–Crippen MR) is 81.7 cm³/mol. The van der Waals surface area contributed by atoms with Crippen molar-refractivity contribution in [1.82, 2.24) is 9.71 Å². The Labute approximate surface area is 140 Å². The van der Waals surface area contributed by atoms with Crippen molar-refractivity contribution in [3.63, 3.8) is 0 Å². The van der Waals surface area contributed by atoms with E-state index in [1.165, 1.54) is 10.1 Å². The maximum absolute atomic E-state index is 13.9. The zero-order valence-electron chi connectivity index (χ0n) is 12.2. The Bertz CT molecular complexity index is 867. The van der Waals surface area contributed by atoms with Crippen LogP contribution in [0, 0.1) is 0 Å². The molecule has 10 heteroatoms. The zero-order chi connectivity index (χ0) is 17.4. The quantitative estimate of drug-likeness (QED) is 0.864. The van der Waals surface area contributed by atoms with Gasteiger partial charge in [-0.15, -0.1) is 11.3 Å². The molecule has 0 bridgehead atoms. The standard InChI is InChI=1S/C14H12F2N2O4S2/c15-14(16,13-17-3-4-23-13)12(19)18-24(20,21)8-9-1-2-10-6-22-7-11(10)5-9/h1-5H,6-8H2,(H,18,19). The van der Waals surface area contributed by atoms with Gasteiger partial charge in [0.05, 0.1) is 19.0 Å². The third kappa shape index (κ3) is 3.45. The van der Waals surface area contributed by atoms with Crippen molar-refractivity contribution >= 4 is 27.3 Å². The number of nitrogens with one attached hydrogen (secondary N) is 1. The minimum Gasteiger partial charge on any atom is -0.372 e. The first kappa shape index (κ1) is 16.9. The van der Waals surface area contributed by atoms with Gasteiger partial charge >= 0.3 is 11.8 Å². The molecule has 0 saturated heterocycles. The average Bonchev–Trinajstić information content (AvgIpc) is 3.17. The lowest BCUT2D eigenvalue weighted by Gasteiger charge is -2.14. The molecule has 128 valence electrons. The van der Waals surface area contributed by atoms with E-state index in [0.717, 1.165) is 17.3 Å². The molecule has 2 aromatic rings. The first-order chi connectivity index (χ1) is 11.3. The van der Waals surface area contributed by atoms with Crippen LogP contribution in [-0.2, 0) is 44.4 Å². The number of carbonyl (C=O) groups is 1. The van der Waals surface area contributed by atoms with Crippen molar-refractivity contribution < 1.29 is 26.7 Å². The molecule has 1 aromatic carbocycles. The summed E-state index contributed by atoms with van der Waals surface area (Å²) in [6.07, 6.45) is 1.11. The summed E-state index contributed by atoms with van der Waals surface area (Å²) in [7, 11) is -4.27. The molecule has 0 atom stereocenters. The van der Waals surface area contributed by atoms with Crippen LogP contribution in [0.2, 0.25) is 0 Å². The number of rotatable bonds is 5. The molecule has 0 unspecified atom stereocenters. The van der Waals surface area contributed by atoms with Gasteiger partial charge < -0.3 is 4.74 Å². The minimum absolute atomic E-state index is 0.373. The maximum atomic E-state index is 13.9. The highest BCUT2D eigenvalue weighted by Crippen LogP contribution is 2.30. The molecule has 1 N–H and O–H groups in total. The van der Waals surface area contributed by atoms with Crippen LogP contribution in [0.1, 0.15) is 21.7 Å². The van der Waals surface area contributed by atoms with Crippen LogP contribution in [-0.4, -0.2) is 19.3 Å². The summed E-state index contributed by atoms with van der Waals surface area (Å²) in [4.78, 5) is 15.0. The molecule has 0 spiro atoms. The van der Waals surface area contributed by atoms with Crippen molar-refractivity contribution in [2.75, 3.05) is 0 Å². The molecule has 1 aliphatic heterocycles. The van der Waals surface area contributed by atoms with E-state index in [1.807, 2.05) is 0 Å². The highest BCUT2D eigenvalue weighted by Gasteiger charge is 2.45. The molecule has 6 nitrogen and oxygen atoms in total. The van der Waals surface area contributed by atoms with Crippen molar-refractivity contribution in [3.05, 3.63) is 51.5 Å². The lowest BCUT2D eigenvalue weighted by molar-refractivity contribution is -0.144. The Hall–Kier alpha value is -1.91. The van der Waals surface area contributed by atoms with Crippen molar-refractivity contribution in [3.8, 4) is 0 Å². The number of carbonyl (C=O) groups excluding carboxylic acids is 1. The number of hydrogen-bond acceptors (Lipinski definition) is 6. The molecular weight excluding hydrogens is 362 g/mol. The van der Waals surface area contributed by atoms with E-state index in [9.17, 15) is 22.0 Å². The van der Waals surface area contributed by atoms with Gasteiger partial charge in [0.2, 0.25) is 10.0 Å². The summed E-state index contributed by atoms with van der Waals surface area (Å²) >= 11 is 0.571. The normalized spacial score (nSPS) is 14.4. The van der Waals surface area contributed by atoms with Gasteiger partial charge in [0.1, 0.15) is 0 Å². The van der Waals surface area contributed by atoms with Gasteiger partial charge in [-0.25, -0.2) is 18.1 Å². The molecule has 24 heavy (non-hydrogen) atoms. The highest BCUT2D eigenvalue weighted by molar-refractivity contribution is 7.89. The number of fused-ring (bicyclic) bond motifs is 1. The summed E-state index contributed by atoms with van der Waals surface area (Å²) < 4.78 is 58.4. The fourth-order valence-corrected chi connectivity index (χ4v) is 3.97. The number of amides is 1. The average molecular weight is 374 g/mol. The molecule has 1 aromatic heterocycles. The van der Waals surface area contributed by atoms with Gasteiger partial charge in [0, 0.05) is 11.6 Å². The minimum atomic E-state index is -4.27. The molecule has 1 amide bonds. The molecule has 2 heterocycles. The number of ether oxygens (including phenoxy) is 1. The highest BCUT2D eigenvalue weighted by atomic mass is 32.2. The molecular formula is C14H12F2N2O4S2. The Morgan fingerprint density at radius 1 is 1.33 bits per heavy atom. The summed E-state index contributed by atoms with van der Waals surface area (Å²) in [5, 5.41) is 0.516. The lowest BCUT2D eigenvalue weighted by atomic mass is 10.1. The number of alkyl halides is 2. The van der Waals surface area contributed by atoms with Gasteiger partial charge in [0.15, 0.2) is 5.01 Å². The van der Waals surface area contributed by atoms with Crippen LogP contribution in [0.15, 0.2) is 29.8 Å². The maximum Gasteiger partial charge on any atom is 0.376 e. The molecule has 0 aliphatic carbocycles. The smallest absolute Gasteiger partial charge is 0.372 e. The van der Waals surface area contributed by atoms with Gasteiger partial charge in [-0.3, -0.25) is 4.79 Å². The number of benzene rings is 1. The Morgan fingerprint density at radius 2 is 2.08 bits per heavy atom. The van der Waals surface area contributed by atoms with Crippen molar-refractivity contribution in [2.45, 2.75) is 24.9 Å². The van der Waals surface area contributed by atoms with Gasteiger partial charge in [-0.1, -0.05) is 18.2 Å². The summed E-state index contributed by atoms with van der Waals surface area (Å²) in [5.41, 5.74) is 2.19. The van der Waals surface area contributed by atoms with Crippen LogP contribution >= 0.6 is 11.3 Å². The van der Waals surface area contributed by atoms with E-state index < -0.39 is 32.6 Å². The van der Waals surface area contributed by atoms with Gasteiger partial charge in [-0.05, 0) is 16.7 Å². The van der Waals surface area contributed by atoms with Crippen LogP contribution in [0.25, 0.3) is 0 Å². The van der Waals surface area contributed by atoms with Crippen molar-refractivity contribution in [2.24, 2.45) is 0 Å². The summed E-state index contributed by atoms with van der Waals surface area (Å²) in [5.74, 6) is -6.51. The molecule has 0 fully saturated rings. The van der Waals surface area contributed by atoms with Gasteiger partial charge in [-0.2, -0.15) is 8.78 Å². The molecule has 1 aliphatic rings. The van der Waals surface area contributed by atoms with Gasteiger partial charge in [0.25, 0.3) is 0 Å². The second-order valence-electron chi connectivity index (χ2n) is 5.20. The topological polar surface area (TPSA) is 85.4 Å². The molecule has 3 rings (SSSR count). The van der Waals surface area contributed by atoms with Crippen LogP contribution < -0.4 is 4.72 Å². The number of nitrogens with zero attached hydrogens (tertiary/aromatic N) is 1. The third-order valence-electron chi connectivity index (χ3n) is 3.38. The van der Waals surface area contributed by atoms with Crippen molar-refractivity contribution in [1.29, 1.82) is 0 Å². The monoisotopic (exact) mass is 374 g/mol. The third-order valence-corrected chi connectivity index (χ3v) is 5.43. The number of sulfonamides is 1. The first-order valence-corrected chi connectivity index (χ1v) is 9.32.